The van der Waals surface area contributed by atoms with E-state index in [1.165, 1.54) is 83.5 Å². The average Bonchev–Trinajstić information content (AvgIpc) is 2.71. The number of hydrogen-bond acceptors (Lipinski definition) is 5. The molecule has 0 unspecified atom stereocenters. The van der Waals surface area contributed by atoms with Crippen LogP contribution in [0.4, 0.5) is 0 Å². The Hall–Kier alpha value is -1.67. The number of aliphatic carboxylic acids is 1. The minimum atomic E-state index is -0.690. The van der Waals surface area contributed by atoms with Crippen molar-refractivity contribution in [2.75, 3.05) is 13.2 Å². The Morgan fingerprint density at radius 2 is 0.800 bits per heavy atom. The highest BCUT2D eigenvalue weighted by Crippen LogP contribution is 2.13. The lowest BCUT2D eigenvalue weighted by Crippen LogP contribution is -2.14. The van der Waals surface area contributed by atoms with E-state index in [1.807, 2.05) is 0 Å². The molecule has 0 bridgehead atoms. The monoisotopic (exact) mass is 434 g/mol. The number of hydrogen-bond donors (Lipinski definition) is 5. The molecule has 2 amide bonds. The molecule has 0 atom stereocenters. The van der Waals surface area contributed by atoms with Gasteiger partial charge in [-0.2, -0.15) is 0 Å². The third-order valence-corrected chi connectivity index (χ3v) is 4.31. The second kappa shape index (κ2) is 29.5. The third-order valence-electron chi connectivity index (χ3n) is 4.31. The van der Waals surface area contributed by atoms with Gasteiger partial charge in [0.05, 0.1) is 0 Å². The van der Waals surface area contributed by atoms with Crippen LogP contribution in [0, 0.1) is 0 Å². The van der Waals surface area contributed by atoms with Crippen LogP contribution in [0.2, 0.25) is 0 Å². The zero-order chi connectivity index (χ0) is 23.5. The number of carbonyl (C=O) groups excluding carboxylic acids is 2. The van der Waals surface area contributed by atoms with Crippen molar-refractivity contribution in [3.8, 4) is 0 Å². The molecular weight excluding hydrogens is 388 g/mol. The van der Waals surface area contributed by atoms with Crippen molar-refractivity contribution >= 4 is 17.8 Å². The van der Waals surface area contributed by atoms with Crippen molar-refractivity contribution in [1.82, 2.24) is 0 Å². The van der Waals surface area contributed by atoms with E-state index >= 15 is 0 Å². The van der Waals surface area contributed by atoms with E-state index in [-0.39, 0.29) is 0 Å². The fourth-order valence-electron chi connectivity index (χ4n) is 2.65. The molecule has 8 heteroatoms. The predicted octanol–water partition coefficient (Wildman–Crippen LogP) is 3.26. The molecule has 0 fully saturated rings. The molecule has 0 saturated carbocycles. The fourth-order valence-corrected chi connectivity index (χ4v) is 2.65. The van der Waals surface area contributed by atoms with Crippen molar-refractivity contribution < 1.29 is 29.7 Å². The number of carboxylic acids is 1. The first-order valence-electron chi connectivity index (χ1n) is 11.3. The molecule has 0 rings (SSSR count). The first-order chi connectivity index (χ1) is 14.3. The van der Waals surface area contributed by atoms with E-state index in [9.17, 15) is 14.4 Å². The highest BCUT2D eigenvalue weighted by Gasteiger charge is 1.97. The molecule has 0 saturated heterocycles. The first-order valence-corrected chi connectivity index (χ1v) is 11.3. The Kier molecular flexibility index (Phi) is 32.5. The second-order valence-corrected chi connectivity index (χ2v) is 7.34. The molecule has 0 aromatic rings. The summed E-state index contributed by atoms with van der Waals surface area (Å²) < 4.78 is 0. The van der Waals surface area contributed by atoms with E-state index in [4.69, 9.17) is 15.3 Å². The molecule has 7 N–H and O–H groups in total. The van der Waals surface area contributed by atoms with E-state index in [0.29, 0.717) is 6.42 Å². The predicted molar refractivity (Wildman–Crippen MR) is 120 cm³/mol. The Balaban J connectivity index is -0.000000599. The molecule has 0 radical (unpaired) electrons. The fraction of sp³-hybridized carbons (Fsp3) is 0.864. The van der Waals surface area contributed by atoms with Gasteiger partial charge in [-0.05, 0) is 6.42 Å². The lowest BCUT2D eigenvalue weighted by molar-refractivity contribution is -0.137. The lowest BCUT2D eigenvalue weighted by atomic mass is 10.0. The van der Waals surface area contributed by atoms with E-state index in [0.717, 1.165) is 12.8 Å². The minimum Gasteiger partial charge on any atom is -0.481 e. The first kappa shape index (κ1) is 33.0. The van der Waals surface area contributed by atoms with Crippen LogP contribution in [0.15, 0.2) is 0 Å². The highest BCUT2D eigenvalue weighted by molar-refractivity contribution is 5.74. The second-order valence-electron chi connectivity index (χ2n) is 7.34. The summed E-state index contributed by atoms with van der Waals surface area (Å²) in [4.78, 5) is 29.0. The molecule has 0 heterocycles. The van der Waals surface area contributed by atoms with Crippen molar-refractivity contribution in [3.05, 3.63) is 0 Å². The minimum absolute atomic E-state index is 0.345. The number of nitrogens with two attached hydrogens (primary N) is 2. The molecule has 0 spiro atoms. The molecule has 30 heavy (non-hydrogen) atoms. The number of carboxylic acid groups (broad SMARTS) is 1. The van der Waals surface area contributed by atoms with Gasteiger partial charge in [-0.1, -0.05) is 96.8 Å². The summed E-state index contributed by atoms with van der Waals surface area (Å²) in [5, 5.41) is 23.9. The maximum Gasteiger partial charge on any atom is 0.303 e. The topological polar surface area (TPSA) is 164 Å². The van der Waals surface area contributed by atoms with Crippen LogP contribution < -0.4 is 11.5 Å². The van der Waals surface area contributed by atoms with Gasteiger partial charge in [0.1, 0.15) is 13.2 Å². The molecule has 0 aromatic carbocycles. The number of aliphatic hydroxyl groups is 2. The van der Waals surface area contributed by atoms with E-state index in [2.05, 4.69) is 18.4 Å². The molecule has 8 nitrogen and oxygen atoms in total. The van der Waals surface area contributed by atoms with E-state index < -0.39 is 31.0 Å². The standard InChI is InChI=1S/C18H36O2.2C2H5NO2/c1-2-3-4-5-6-7-8-9-10-11-12-13-14-15-16-17-18(19)20;2*3-2(5)1-4/h2-17H2,1H3,(H,19,20);2*4H,1H2,(H2,3,5). The summed E-state index contributed by atoms with van der Waals surface area (Å²) in [5.74, 6) is -2.03. The summed E-state index contributed by atoms with van der Waals surface area (Å²) in [6.45, 7) is 1.16. The van der Waals surface area contributed by atoms with E-state index in [1.54, 1.807) is 0 Å². The average molecular weight is 435 g/mol. The molecule has 180 valence electrons. The Morgan fingerprint density at radius 3 is 1.00 bits per heavy atom. The summed E-state index contributed by atoms with van der Waals surface area (Å²) >= 11 is 0. The number of amides is 2. The number of primary amides is 2. The summed E-state index contributed by atoms with van der Waals surface area (Å²) in [6, 6.07) is 0. The molecule has 0 aliphatic rings. The van der Waals surface area contributed by atoms with Crippen molar-refractivity contribution in [2.45, 2.75) is 110 Å². The number of aliphatic hydroxyl groups excluding tert-OH is 2. The van der Waals surface area contributed by atoms with Gasteiger partial charge in [0.25, 0.3) is 0 Å². The van der Waals surface area contributed by atoms with Crippen LogP contribution in [-0.2, 0) is 14.4 Å². The Bertz CT molecular complexity index is 378. The van der Waals surface area contributed by atoms with Gasteiger partial charge < -0.3 is 26.8 Å². The molecule has 0 aliphatic carbocycles. The Labute approximate surface area is 182 Å². The largest absolute Gasteiger partial charge is 0.481 e. The van der Waals surface area contributed by atoms with Gasteiger partial charge in [-0.15, -0.1) is 0 Å². The number of rotatable bonds is 18. The zero-order valence-corrected chi connectivity index (χ0v) is 18.9. The highest BCUT2D eigenvalue weighted by atomic mass is 16.4. The SMILES string of the molecule is CCCCCCCCCCCCCCCCCC(=O)O.NC(=O)CO.NC(=O)CO. The van der Waals surface area contributed by atoms with Gasteiger partial charge in [0.15, 0.2) is 0 Å². The van der Waals surface area contributed by atoms with Gasteiger partial charge in [0, 0.05) is 6.42 Å². The van der Waals surface area contributed by atoms with Gasteiger partial charge in [-0.25, -0.2) is 0 Å². The van der Waals surface area contributed by atoms with Crippen LogP contribution in [-0.4, -0.2) is 46.3 Å². The normalized spacial score (nSPS) is 9.70. The number of carbonyl (C=O) groups is 3. The number of unbranched alkanes of at least 4 members (excludes halogenated alkanes) is 14. The zero-order valence-electron chi connectivity index (χ0n) is 18.9. The van der Waals surface area contributed by atoms with Crippen LogP contribution >= 0.6 is 0 Å². The van der Waals surface area contributed by atoms with Crippen LogP contribution in [0.3, 0.4) is 0 Å². The van der Waals surface area contributed by atoms with Crippen LogP contribution in [0.25, 0.3) is 0 Å². The maximum atomic E-state index is 10.3. The van der Waals surface area contributed by atoms with Crippen molar-refractivity contribution in [2.24, 2.45) is 11.5 Å². The lowest BCUT2D eigenvalue weighted by Gasteiger charge is -2.03. The summed E-state index contributed by atoms with van der Waals surface area (Å²) in [5.41, 5.74) is 8.81. The molecule has 0 aromatic heterocycles. The Morgan fingerprint density at radius 1 is 0.567 bits per heavy atom. The van der Waals surface area contributed by atoms with Gasteiger partial charge >= 0.3 is 5.97 Å². The smallest absolute Gasteiger partial charge is 0.303 e. The quantitative estimate of drug-likeness (QED) is 0.208. The maximum absolute atomic E-state index is 10.3. The molecule has 0 aliphatic heterocycles. The molecular formula is C22H46N2O6. The summed E-state index contributed by atoms with van der Waals surface area (Å²) in [7, 11) is 0. The van der Waals surface area contributed by atoms with Crippen molar-refractivity contribution in [1.29, 1.82) is 0 Å². The van der Waals surface area contributed by atoms with Crippen LogP contribution in [0.5, 0.6) is 0 Å². The summed E-state index contributed by atoms with van der Waals surface area (Å²) in [6.07, 6.45) is 20.2. The van der Waals surface area contributed by atoms with Gasteiger partial charge in [-0.3, -0.25) is 14.4 Å². The third kappa shape index (κ3) is 45.2. The van der Waals surface area contributed by atoms with Gasteiger partial charge in [0.2, 0.25) is 11.8 Å². The van der Waals surface area contributed by atoms with Crippen molar-refractivity contribution in [3.63, 3.8) is 0 Å². The van der Waals surface area contributed by atoms with Crippen LogP contribution in [0.1, 0.15) is 110 Å².